The number of rotatable bonds is 2. The van der Waals surface area contributed by atoms with Gasteiger partial charge in [-0.3, -0.25) is 4.79 Å². The minimum absolute atomic E-state index is 0.0316. The van der Waals surface area contributed by atoms with Gasteiger partial charge in [-0.2, -0.15) is 0 Å². The molecule has 120 valence electrons. The third-order valence-electron chi connectivity index (χ3n) is 4.49. The summed E-state index contributed by atoms with van der Waals surface area (Å²) in [5, 5.41) is 0. The van der Waals surface area contributed by atoms with E-state index < -0.39 is 5.92 Å². The monoisotopic (exact) mass is 310 g/mol. The van der Waals surface area contributed by atoms with E-state index in [9.17, 15) is 13.6 Å². The highest BCUT2D eigenvalue weighted by Gasteiger charge is 2.37. The molecule has 1 aromatic heterocycles. The zero-order valence-electron chi connectivity index (χ0n) is 12.4. The van der Waals surface area contributed by atoms with Crippen LogP contribution in [-0.2, 0) is 4.79 Å². The molecule has 5 nitrogen and oxygen atoms in total. The second-order valence-corrected chi connectivity index (χ2v) is 5.99. The van der Waals surface area contributed by atoms with Gasteiger partial charge >= 0.3 is 0 Å². The van der Waals surface area contributed by atoms with Gasteiger partial charge in [-0.25, -0.2) is 18.7 Å². The van der Waals surface area contributed by atoms with E-state index in [1.54, 1.807) is 23.4 Å². The van der Waals surface area contributed by atoms with Gasteiger partial charge < -0.3 is 9.80 Å². The number of anilines is 1. The lowest BCUT2D eigenvalue weighted by atomic mass is 9.94. The van der Waals surface area contributed by atoms with Crippen molar-refractivity contribution in [2.24, 2.45) is 5.92 Å². The van der Waals surface area contributed by atoms with Crippen LogP contribution >= 0.6 is 0 Å². The first kappa shape index (κ1) is 15.1. The molecule has 3 heterocycles. The fourth-order valence-corrected chi connectivity index (χ4v) is 3.09. The Hall–Kier alpha value is -1.79. The molecular weight excluding hydrogens is 290 g/mol. The molecule has 0 aromatic carbocycles. The second kappa shape index (κ2) is 6.14. The molecule has 0 atom stereocenters. The number of hydrogen-bond donors (Lipinski definition) is 0. The summed E-state index contributed by atoms with van der Waals surface area (Å²) in [6, 6.07) is 1.77. The third kappa shape index (κ3) is 3.34. The number of carbonyl (C=O) groups is 1. The van der Waals surface area contributed by atoms with Crippen molar-refractivity contribution in [1.82, 2.24) is 14.9 Å². The standard InChI is InChI=1S/C15H20F2N4O/c16-15(17)4-10-20(11-5-15)13(22)12-2-8-21(9-3-12)14-18-6-1-7-19-14/h1,6-7,12H,2-5,8-11H2. The van der Waals surface area contributed by atoms with Gasteiger partial charge in [0.05, 0.1) is 0 Å². The number of aromatic nitrogens is 2. The van der Waals surface area contributed by atoms with Crippen molar-refractivity contribution in [2.75, 3.05) is 31.1 Å². The minimum Gasteiger partial charge on any atom is -0.342 e. The number of likely N-dealkylation sites (tertiary alicyclic amines) is 1. The predicted octanol–water partition coefficient (Wildman–Crippen LogP) is 1.95. The van der Waals surface area contributed by atoms with Crippen LogP contribution in [0.5, 0.6) is 0 Å². The predicted molar refractivity (Wildman–Crippen MR) is 77.7 cm³/mol. The number of nitrogens with zero attached hydrogens (tertiary/aromatic N) is 4. The lowest BCUT2D eigenvalue weighted by molar-refractivity contribution is -0.142. The second-order valence-electron chi connectivity index (χ2n) is 5.99. The molecular formula is C15H20F2N4O. The molecule has 0 N–H and O–H groups in total. The normalized spacial score (nSPS) is 22.6. The number of halogens is 2. The fraction of sp³-hybridized carbons (Fsp3) is 0.667. The van der Waals surface area contributed by atoms with E-state index in [0.29, 0.717) is 5.95 Å². The maximum absolute atomic E-state index is 13.2. The molecule has 22 heavy (non-hydrogen) atoms. The van der Waals surface area contributed by atoms with Crippen molar-refractivity contribution in [3.8, 4) is 0 Å². The van der Waals surface area contributed by atoms with Crippen LogP contribution in [0.1, 0.15) is 25.7 Å². The zero-order chi connectivity index (χ0) is 15.6. The highest BCUT2D eigenvalue weighted by molar-refractivity contribution is 5.79. The number of carbonyl (C=O) groups excluding carboxylic acids is 1. The van der Waals surface area contributed by atoms with E-state index in [0.717, 1.165) is 25.9 Å². The molecule has 0 bridgehead atoms. The van der Waals surface area contributed by atoms with Gasteiger partial charge in [0.25, 0.3) is 5.92 Å². The number of hydrogen-bond acceptors (Lipinski definition) is 4. The molecule has 0 aliphatic carbocycles. The molecule has 2 aliphatic heterocycles. The topological polar surface area (TPSA) is 49.3 Å². The summed E-state index contributed by atoms with van der Waals surface area (Å²) in [6.07, 6.45) is 4.43. The van der Waals surface area contributed by atoms with Crippen LogP contribution in [0.25, 0.3) is 0 Å². The summed E-state index contributed by atoms with van der Waals surface area (Å²) < 4.78 is 26.3. The van der Waals surface area contributed by atoms with Crippen LogP contribution in [0.15, 0.2) is 18.5 Å². The molecule has 2 saturated heterocycles. The van der Waals surface area contributed by atoms with Crippen molar-refractivity contribution < 1.29 is 13.6 Å². The Labute approximate surface area is 128 Å². The maximum atomic E-state index is 13.2. The molecule has 1 aromatic rings. The van der Waals surface area contributed by atoms with Crippen molar-refractivity contribution >= 4 is 11.9 Å². The Kier molecular flexibility index (Phi) is 4.22. The molecule has 0 spiro atoms. The lowest BCUT2D eigenvalue weighted by Crippen LogP contribution is -2.47. The van der Waals surface area contributed by atoms with Gasteiger partial charge in [0, 0.05) is 57.3 Å². The maximum Gasteiger partial charge on any atom is 0.251 e. The fourth-order valence-electron chi connectivity index (χ4n) is 3.09. The Morgan fingerprint density at radius 3 is 2.27 bits per heavy atom. The Bertz CT molecular complexity index is 508. The van der Waals surface area contributed by atoms with E-state index in [4.69, 9.17) is 0 Å². The van der Waals surface area contributed by atoms with Gasteiger partial charge in [0.15, 0.2) is 0 Å². The average Bonchev–Trinajstić information content (AvgIpc) is 2.55. The summed E-state index contributed by atoms with van der Waals surface area (Å²) in [4.78, 5) is 24.5. The summed E-state index contributed by atoms with van der Waals surface area (Å²) in [5.41, 5.74) is 0. The largest absolute Gasteiger partial charge is 0.342 e. The first-order chi connectivity index (χ1) is 10.6. The molecule has 0 radical (unpaired) electrons. The van der Waals surface area contributed by atoms with E-state index in [-0.39, 0.29) is 37.8 Å². The average molecular weight is 310 g/mol. The molecule has 0 saturated carbocycles. The van der Waals surface area contributed by atoms with E-state index in [1.807, 2.05) is 0 Å². The van der Waals surface area contributed by atoms with Gasteiger partial charge in [-0.1, -0.05) is 0 Å². The summed E-state index contributed by atoms with van der Waals surface area (Å²) in [5.74, 6) is -1.95. The Balaban J connectivity index is 1.52. The molecule has 2 fully saturated rings. The first-order valence-corrected chi connectivity index (χ1v) is 7.74. The third-order valence-corrected chi connectivity index (χ3v) is 4.49. The highest BCUT2D eigenvalue weighted by Crippen LogP contribution is 2.30. The molecule has 1 amide bonds. The number of amides is 1. The van der Waals surface area contributed by atoms with Crippen LogP contribution < -0.4 is 4.90 Å². The zero-order valence-corrected chi connectivity index (χ0v) is 12.4. The number of alkyl halides is 2. The SMILES string of the molecule is O=C(C1CCN(c2ncccn2)CC1)N1CCC(F)(F)CC1. The summed E-state index contributed by atoms with van der Waals surface area (Å²) in [6.45, 7) is 1.80. The molecule has 0 unspecified atom stereocenters. The van der Waals surface area contributed by atoms with Crippen LogP contribution in [0.4, 0.5) is 14.7 Å². The van der Waals surface area contributed by atoms with E-state index in [2.05, 4.69) is 14.9 Å². The number of piperidine rings is 2. The molecule has 3 rings (SSSR count). The van der Waals surface area contributed by atoms with Crippen molar-refractivity contribution in [2.45, 2.75) is 31.6 Å². The lowest BCUT2D eigenvalue weighted by Gasteiger charge is -2.37. The van der Waals surface area contributed by atoms with Crippen molar-refractivity contribution in [3.05, 3.63) is 18.5 Å². The van der Waals surface area contributed by atoms with Gasteiger partial charge in [-0.15, -0.1) is 0 Å². The van der Waals surface area contributed by atoms with Gasteiger partial charge in [0.1, 0.15) is 0 Å². The van der Waals surface area contributed by atoms with Gasteiger partial charge in [-0.05, 0) is 18.9 Å². The van der Waals surface area contributed by atoms with E-state index >= 15 is 0 Å². The highest BCUT2D eigenvalue weighted by atomic mass is 19.3. The van der Waals surface area contributed by atoms with Crippen LogP contribution in [0.3, 0.4) is 0 Å². The Morgan fingerprint density at radius 2 is 1.68 bits per heavy atom. The summed E-state index contributed by atoms with van der Waals surface area (Å²) >= 11 is 0. The molecule has 7 heteroatoms. The molecule has 2 aliphatic rings. The van der Waals surface area contributed by atoms with Crippen molar-refractivity contribution in [3.63, 3.8) is 0 Å². The Morgan fingerprint density at radius 1 is 1.09 bits per heavy atom. The van der Waals surface area contributed by atoms with Crippen molar-refractivity contribution in [1.29, 1.82) is 0 Å². The minimum atomic E-state index is -2.61. The quantitative estimate of drug-likeness (QED) is 0.838. The van der Waals surface area contributed by atoms with Crippen LogP contribution in [0.2, 0.25) is 0 Å². The van der Waals surface area contributed by atoms with E-state index in [1.165, 1.54) is 0 Å². The smallest absolute Gasteiger partial charge is 0.251 e. The van der Waals surface area contributed by atoms with Crippen LogP contribution in [0, 0.1) is 5.92 Å². The first-order valence-electron chi connectivity index (χ1n) is 7.74. The summed E-state index contributed by atoms with van der Waals surface area (Å²) in [7, 11) is 0. The van der Waals surface area contributed by atoms with Gasteiger partial charge in [0.2, 0.25) is 11.9 Å². The van der Waals surface area contributed by atoms with Crippen LogP contribution in [-0.4, -0.2) is 52.9 Å².